The fourth-order valence-corrected chi connectivity index (χ4v) is 4.47. The Morgan fingerprint density at radius 3 is 2.41 bits per heavy atom. The quantitative estimate of drug-likeness (QED) is 0.383. The molecule has 0 aromatic heterocycles. The Morgan fingerprint density at radius 2 is 1.83 bits per heavy atom. The van der Waals surface area contributed by atoms with Gasteiger partial charge in [-0.3, -0.25) is 10.1 Å². The highest BCUT2D eigenvalue weighted by atomic mass is 16.6. The summed E-state index contributed by atoms with van der Waals surface area (Å²) in [7, 11) is 0. The van der Waals surface area contributed by atoms with E-state index >= 15 is 0 Å². The number of piperidine rings is 1. The van der Waals surface area contributed by atoms with Crippen molar-refractivity contribution in [2.75, 3.05) is 19.7 Å². The van der Waals surface area contributed by atoms with Crippen LogP contribution in [0, 0.1) is 15.5 Å². The Kier molecular flexibility index (Phi) is 6.82. The van der Waals surface area contributed by atoms with Gasteiger partial charge < -0.3 is 15.5 Å². The van der Waals surface area contributed by atoms with E-state index in [4.69, 9.17) is 0 Å². The molecule has 1 fully saturated rings. The van der Waals surface area contributed by atoms with Crippen LogP contribution in [0.2, 0.25) is 0 Å². The molecule has 0 radical (unpaired) electrons. The third-order valence-electron chi connectivity index (χ3n) is 5.95. The van der Waals surface area contributed by atoms with Crippen molar-refractivity contribution >= 4 is 11.4 Å². The van der Waals surface area contributed by atoms with Gasteiger partial charge >= 0.3 is 0 Å². The molecule has 1 aliphatic carbocycles. The average molecular weight is 404 g/mol. The molecule has 0 unspecified atom stereocenters. The molecule has 0 bridgehead atoms. The number of aliphatic hydroxyl groups excluding tert-OH is 2. The SMILES string of the molecule is CC1(C)CC([NH2+][C@H](CO)[C@H](O)c2ccc([N+](=O)[O-])cc2)=CC(=[N+]2CCCCC2)C1. The lowest BCUT2D eigenvalue weighted by Crippen LogP contribution is -2.91. The topological polar surface area (TPSA) is 103 Å². The predicted octanol–water partition coefficient (Wildman–Crippen LogP) is 1.89. The van der Waals surface area contributed by atoms with E-state index in [0.29, 0.717) is 5.56 Å². The van der Waals surface area contributed by atoms with E-state index < -0.39 is 17.1 Å². The van der Waals surface area contributed by atoms with Crippen LogP contribution >= 0.6 is 0 Å². The Hall–Kier alpha value is -2.09. The van der Waals surface area contributed by atoms with E-state index in [1.807, 2.05) is 5.32 Å². The fraction of sp³-hybridized carbons (Fsp3) is 0.591. The first kappa shape index (κ1) is 21.6. The predicted molar refractivity (Wildman–Crippen MR) is 111 cm³/mol. The zero-order valence-electron chi connectivity index (χ0n) is 17.4. The number of nitrogens with zero attached hydrogens (tertiary/aromatic N) is 2. The van der Waals surface area contributed by atoms with Crippen LogP contribution in [0.1, 0.15) is 57.6 Å². The number of quaternary nitrogens is 1. The van der Waals surface area contributed by atoms with Gasteiger partial charge in [0, 0.05) is 37.8 Å². The summed E-state index contributed by atoms with van der Waals surface area (Å²) < 4.78 is 2.49. The first-order chi connectivity index (χ1) is 13.8. The van der Waals surface area contributed by atoms with Crippen LogP contribution in [0.15, 0.2) is 36.0 Å². The van der Waals surface area contributed by atoms with Gasteiger partial charge in [-0.1, -0.05) is 13.8 Å². The summed E-state index contributed by atoms with van der Waals surface area (Å²) in [4.78, 5) is 10.4. The van der Waals surface area contributed by atoms with Crippen molar-refractivity contribution in [1.82, 2.24) is 0 Å². The van der Waals surface area contributed by atoms with Crippen molar-refractivity contribution in [3.05, 3.63) is 51.7 Å². The maximum atomic E-state index is 10.8. The van der Waals surface area contributed by atoms with Crippen molar-refractivity contribution in [3.8, 4) is 0 Å². The van der Waals surface area contributed by atoms with Gasteiger partial charge in [-0.15, -0.1) is 0 Å². The van der Waals surface area contributed by atoms with Crippen molar-refractivity contribution in [2.45, 2.75) is 58.1 Å². The van der Waals surface area contributed by atoms with Gasteiger partial charge in [-0.2, -0.15) is 0 Å². The molecule has 1 saturated heterocycles. The van der Waals surface area contributed by atoms with E-state index in [1.54, 1.807) is 12.1 Å². The van der Waals surface area contributed by atoms with Crippen LogP contribution in [0.4, 0.5) is 5.69 Å². The number of hydrogen-bond acceptors (Lipinski definition) is 4. The molecule has 0 saturated carbocycles. The first-order valence-corrected chi connectivity index (χ1v) is 10.5. The smallest absolute Gasteiger partial charge is 0.269 e. The molecule has 158 valence electrons. The minimum atomic E-state index is -0.912. The number of non-ortho nitro benzene ring substituents is 1. The molecule has 4 N–H and O–H groups in total. The van der Waals surface area contributed by atoms with Crippen molar-refractivity contribution in [1.29, 1.82) is 0 Å². The number of aliphatic hydroxyl groups is 2. The van der Waals surface area contributed by atoms with Crippen molar-refractivity contribution < 1.29 is 25.0 Å². The minimum Gasteiger partial charge on any atom is -0.390 e. The van der Waals surface area contributed by atoms with Gasteiger partial charge in [0.25, 0.3) is 5.69 Å². The molecule has 0 amide bonds. The lowest BCUT2D eigenvalue weighted by Gasteiger charge is -2.30. The summed E-state index contributed by atoms with van der Waals surface area (Å²) in [6, 6.07) is 5.43. The second-order valence-corrected chi connectivity index (χ2v) is 9.08. The Bertz CT molecular complexity index is 791. The molecule has 1 aromatic carbocycles. The molecular weight excluding hydrogens is 370 g/mol. The first-order valence-electron chi connectivity index (χ1n) is 10.5. The number of benzene rings is 1. The summed E-state index contributed by atoms with van der Waals surface area (Å²) in [5.74, 6) is 0. The standard InChI is InChI=1S/C22H31N3O4/c1-22(2)13-17(12-19(14-22)24-10-4-3-5-11-24)23-20(15-26)21(27)16-6-8-18(9-7-16)25(28)29/h6-9,12,20-21,26-27H,3-5,10-11,13-15H2,1-2H3/p+2/t20-,21-/m1/s1. The Balaban J connectivity index is 1.79. The molecule has 7 heteroatoms. The lowest BCUT2D eigenvalue weighted by molar-refractivity contribution is -0.658. The third-order valence-corrected chi connectivity index (χ3v) is 5.95. The van der Waals surface area contributed by atoms with Crippen molar-refractivity contribution in [3.63, 3.8) is 0 Å². The van der Waals surface area contributed by atoms with Crippen LogP contribution < -0.4 is 5.32 Å². The largest absolute Gasteiger partial charge is 0.390 e. The van der Waals surface area contributed by atoms with E-state index in [0.717, 1.165) is 31.6 Å². The average Bonchev–Trinajstić information content (AvgIpc) is 2.71. The molecule has 1 aliphatic heterocycles. The maximum absolute atomic E-state index is 10.8. The molecule has 29 heavy (non-hydrogen) atoms. The van der Waals surface area contributed by atoms with E-state index in [1.165, 1.54) is 37.1 Å². The zero-order valence-corrected chi connectivity index (χ0v) is 17.4. The molecule has 1 aromatic rings. The number of nitrogens with two attached hydrogens (primary N) is 1. The van der Waals surface area contributed by atoms with E-state index in [2.05, 4.69) is 24.5 Å². The van der Waals surface area contributed by atoms with Gasteiger partial charge in [0.1, 0.15) is 30.9 Å². The highest BCUT2D eigenvalue weighted by molar-refractivity contribution is 5.92. The molecule has 3 rings (SSSR count). The van der Waals surface area contributed by atoms with Crippen LogP contribution in [0.3, 0.4) is 0 Å². The number of nitro benzene ring substituents is 1. The highest BCUT2D eigenvalue weighted by Crippen LogP contribution is 2.32. The molecule has 2 atom stereocenters. The maximum Gasteiger partial charge on any atom is 0.269 e. The normalized spacial score (nSPS) is 21.4. The summed E-state index contributed by atoms with van der Waals surface area (Å²) in [5.41, 5.74) is 3.19. The molecule has 7 nitrogen and oxygen atoms in total. The number of allylic oxidation sites excluding steroid dienone is 2. The summed E-state index contributed by atoms with van der Waals surface area (Å²) >= 11 is 0. The van der Waals surface area contributed by atoms with Crippen LogP contribution in [0.5, 0.6) is 0 Å². The van der Waals surface area contributed by atoms with Gasteiger partial charge in [0.2, 0.25) is 0 Å². The molecule has 2 aliphatic rings. The summed E-state index contributed by atoms with van der Waals surface area (Å²) in [5, 5.41) is 33.5. The van der Waals surface area contributed by atoms with Crippen LogP contribution in [-0.2, 0) is 0 Å². The molecular formula is C22H33N3O4+2. The Morgan fingerprint density at radius 1 is 1.17 bits per heavy atom. The number of rotatable bonds is 6. The second kappa shape index (κ2) is 9.15. The Labute approximate surface area is 171 Å². The number of hydrogen-bond donors (Lipinski definition) is 3. The van der Waals surface area contributed by atoms with Crippen LogP contribution in [-0.4, -0.2) is 51.2 Å². The molecule has 0 spiro atoms. The van der Waals surface area contributed by atoms with Gasteiger partial charge in [0.05, 0.1) is 17.6 Å². The van der Waals surface area contributed by atoms with Gasteiger partial charge in [-0.25, -0.2) is 4.58 Å². The lowest BCUT2D eigenvalue weighted by atomic mass is 9.78. The minimum absolute atomic E-state index is 0.0111. The zero-order chi connectivity index (χ0) is 21.0. The van der Waals surface area contributed by atoms with E-state index in [-0.39, 0.29) is 17.7 Å². The second-order valence-electron chi connectivity index (χ2n) is 9.08. The summed E-state index contributed by atoms with van der Waals surface area (Å²) in [6.45, 7) is 6.54. The highest BCUT2D eigenvalue weighted by Gasteiger charge is 2.35. The monoisotopic (exact) mass is 403 g/mol. The number of nitro groups is 1. The fourth-order valence-electron chi connectivity index (χ4n) is 4.47. The van der Waals surface area contributed by atoms with Gasteiger partial charge in [0.15, 0.2) is 5.71 Å². The van der Waals surface area contributed by atoms with Crippen molar-refractivity contribution in [2.24, 2.45) is 5.41 Å². The third kappa shape index (κ3) is 5.50. The molecule has 1 heterocycles. The van der Waals surface area contributed by atoms with E-state index in [9.17, 15) is 20.3 Å². The summed E-state index contributed by atoms with van der Waals surface area (Å²) in [6.07, 6.45) is 7.02. The van der Waals surface area contributed by atoms with Gasteiger partial charge in [-0.05, 0) is 29.5 Å². The van der Waals surface area contributed by atoms with Crippen LogP contribution in [0.25, 0.3) is 0 Å².